The third-order valence-electron chi connectivity index (χ3n) is 2.22. The first kappa shape index (κ1) is 13.5. The van der Waals surface area contributed by atoms with E-state index < -0.39 is 21.8 Å². The summed E-state index contributed by atoms with van der Waals surface area (Å²) in [5.74, 6) is -0.122. The summed E-state index contributed by atoms with van der Waals surface area (Å²) >= 11 is 0. The molecule has 6 heteroatoms. The van der Waals surface area contributed by atoms with Gasteiger partial charge in [-0.15, -0.1) is 0 Å². The molecule has 94 valence electrons. The lowest BCUT2D eigenvalue weighted by molar-refractivity contribution is -0.124. The number of hydrogen-bond donors (Lipinski definition) is 1. The normalized spacial score (nSPS) is 13.1. The molecule has 1 amide bonds. The Hall–Kier alpha value is -1.56. The van der Waals surface area contributed by atoms with Gasteiger partial charge in [-0.25, -0.2) is 8.42 Å². The van der Waals surface area contributed by atoms with Crippen molar-refractivity contribution in [3.8, 4) is 5.75 Å². The van der Waals surface area contributed by atoms with Crippen LogP contribution >= 0.6 is 0 Å². The SMILES string of the molecule is CC[C@@H](Oc1ccc(S(C)(=O)=O)cc1)C(N)=O. The zero-order valence-corrected chi connectivity index (χ0v) is 10.5. The molecule has 1 atom stereocenters. The van der Waals surface area contributed by atoms with Gasteiger partial charge in [0.2, 0.25) is 0 Å². The predicted octanol–water partition coefficient (Wildman–Crippen LogP) is 0.733. The number of ether oxygens (including phenoxy) is 1. The van der Waals surface area contributed by atoms with Gasteiger partial charge in [-0.3, -0.25) is 4.79 Å². The van der Waals surface area contributed by atoms with Gasteiger partial charge in [0.15, 0.2) is 15.9 Å². The number of amides is 1. The lowest BCUT2D eigenvalue weighted by atomic mass is 10.2. The second kappa shape index (κ2) is 5.18. The van der Waals surface area contributed by atoms with Crippen LogP contribution in [0.3, 0.4) is 0 Å². The Morgan fingerprint density at radius 3 is 2.24 bits per heavy atom. The third kappa shape index (κ3) is 3.74. The van der Waals surface area contributed by atoms with Gasteiger partial charge in [-0.05, 0) is 30.7 Å². The van der Waals surface area contributed by atoms with E-state index in [2.05, 4.69) is 0 Å². The highest BCUT2D eigenvalue weighted by Crippen LogP contribution is 2.17. The minimum absolute atomic E-state index is 0.206. The number of sulfone groups is 1. The minimum Gasteiger partial charge on any atom is -0.481 e. The van der Waals surface area contributed by atoms with E-state index in [9.17, 15) is 13.2 Å². The molecule has 0 aliphatic rings. The van der Waals surface area contributed by atoms with Crippen molar-refractivity contribution in [1.29, 1.82) is 0 Å². The second-order valence-corrected chi connectivity index (χ2v) is 5.68. The van der Waals surface area contributed by atoms with E-state index in [4.69, 9.17) is 10.5 Å². The molecular weight excluding hydrogens is 242 g/mol. The van der Waals surface area contributed by atoms with Gasteiger partial charge in [-0.2, -0.15) is 0 Å². The topological polar surface area (TPSA) is 86.5 Å². The maximum absolute atomic E-state index is 11.2. The highest BCUT2D eigenvalue weighted by molar-refractivity contribution is 7.90. The van der Waals surface area contributed by atoms with Crippen LogP contribution in [0.4, 0.5) is 0 Å². The number of hydrogen-bond acceptors (Lipinski definition) is 4. The Kier molecular flexibility index (Phi) is 4.11. The predicted molar refractivity (Wildman–Crippen MR) is 63.5 cm³/mol. The van der Waals surface area contributed by atoms with Crippen LogP contribution in [0, 0.1) is 0 Å². The molecule has 0 fully saturated rings. The molecule has 0 unspecified atom stereocenters. The molecule has 0 saturated heterocycles. The molecule has 0 saturated carbocycles. The molecule has 5 nitrogen and oxygen atoms in total. The van der Waals surface area contributed by atoms with Crippen molar-refractivity contribution in [2.24, 2.45) is 5.73 Å². The largest absolute Gasteiger partial charge is 0.481 e. The Labute approximate surface area is 100 Å². The maximum Gasteiger partial charge on any atom is 0.258 e. The van der Waals surface area contributed by atoms with Crippen molar-refractivity contribution in [1.82, 2.24) is 0 Å². The summed E-state index contributed by atoms with van der Waals surface area (Å²) in [4.78, 5) is 11.2. The third-order valence-corrected chi connectivity index (χ3v) is 3.35. The van der Waals surface area contributed by atoms with Gasteiger partial charge in [0.1, 0.15) is 5.75 Å². The Morgan fingerprint density at radius 2 is 1.88 bits per heavy atom. The van der Waals surface area contributed by atoms with Crippen molar-refractivity contribution < 1.29 is 17.9 Å². The first-order chi connectivity index (χ1) is 7.84. The fraction of sp³-hybridized carbons (Fsp3) is 0.364. The summed E-state index contributed by atoms with van der Waals surface area (Å²) in [6, 6.07) is 5.86. The lowest BCUT2D eigenvalue weighted by Gasteiger charge is -2.14. The number of nitrogens with two attached hydrogens (primary N) is 1. The fourth-order valence-electron chi connectivity index (χ4n) is 1.27. The summed E-state index contributed by atoms with van der Waals surface area (Å²) in [5, 5.41) is 0. The van der Waals surface area contributed by atoms with Crippen LogP contribution < -0.4 is 10.5 Å². The molecule has 2 N–H and O–H groups in total. The van der Waals surface area contributed by atoms with E-state index in [0.717, 1.165) is 6.26 Å². The molecule has 0 aliphatic carbocycles. The van der Waals surface area contributed by atoms with Crippen LogP contribution in [0.25, 0.3) is 0 Å². The molecule has 0 aliphatic heterocycles. The zero-order valence-electron chi connectivity index (χ0n) is 9.71. The van der Waals surface area contributed by atoms with Crippen molar-refractivity contribution in [2.45, 2.75) is 24.3 Å². The Balaban J connectivity index is 2.85. The van der Waals surface area contributed by atoms with Crippen LogP contribution in [0.15, 0.2) is 29.2 Å². The van der Waals surface area contributed by atoms with E-state index in [-0.39, 0.29) is 4.90 Å². The van der Waals surface area contributed by atoms with Crippen LogP contribution in [0.1, 0.15) is 13.3 Å². The Morgan fingerprint density at radius 1 is 1.35 bits per heavy atom. The van der Waals surface area contributed by atoms with Gasteiger partial charge < -0.3 is 10.5 Å². The molecule has 0 heterocycles. The van der Waals surface area contributed by atoms with Crippen LogP contribution in [0.2, 0.25) is 0 Å². The van der Waals surface area contributed by atoms with Gasteiger partial charge in [0.05, 0.1) is 4.90 Å². The van der Waals surface area contributed by atoms with E-state index in [1.54, 1.807) is 6.92 Å². The minimum atomic E-state index is -3.22. The standard InChI is InChI=1S/C11H15NO4S/c1-3-10(11(12)13)16-8-4-6-9(7-5-8)17(2,14)15/h4-7,10H,3H2,1-2H3,(H2,12,13)/t10-/m1/s1. The van der Waals surface area contributed by atoms with Crippen molar-refractivity contribution in [3.63, 3.8) is 0 Å². The summed E-state index contributed by atoms with van der Waals surface area (Å²) in [6.45, 7) is 1.78. The molecule has 1 aromatic rings. The van der Waals surface area contributed by atoms with E-state index in [1.165, 1.54) is 24.3 Å². The van der Waals surface area contributed by atoms with Crippen molar-refractivity contribution >= 4 is 15.7 Å². The van der Waals surface area contributed by atoms with Gasteiger partial charge in [0.25, 0.3) is 5.91 Å². The number of rotatable bonds is 5. The lowest BCUT2D eigenvalue weighted by Crippen LogP contribution is -2.32. The number of carbonyl (C=O) groups is 1. The summed E-state index contributed by atoms with van der Waals surface area (Å²) < 4.78 is 27.8. The molecular formula is C11H15NO4S. The van der Waals surface area contributed by atoms with Gasteiger partial charge in [0, 0.05) is 6.26 Å². The number of primary amides is 1. The van der Waals surface area contributed by atoms with E-state index >= 15 is 0 Å². The smallest absolute Gasteiger partial charge is 0.258 e. The summed E-state index contributed by atoms with van der Waals surface area (Å²) in [5.41, 5.74) is 5.13. The molecule has 17 heavy (non-hydrogen) atoms. The summed E-state index contributed by atoms with van der Waals surface area (Å²) in [7, 11) is -3.22. The average molecular weight is 257 g/mol. The molecule has 0 spiro atoms. The average Bonchev–Trinajstić information content (AvgIpc) is 2.25. The first-order valence-electron chi connectivity index (χ1n) is 5.10. The van der Waals surface area contributed by atoms with Crippen molar-refractivity contribution in [2.75, 3.05) is 6.26 Å². The van der Waals surface area contributed by atoms with Crippen molar-refractivity contribution in [3.05, 3.63) is 24.3 Å². The Bertz CT molecular complexity index is 493. The molecule has 0 bridgehead atoms. The van der Waals surface area contributed by atoms with E-state index in [0.29, 0.717) is 12.2 Å². The highest BCUT2D eigenvalue weighted by Gasteiger charge is 2.15. The molecule has 1 rings (SSSR count). The monoisotopic (exact) mass is 257 g/mol. The second-order valence-electron chi connectivity index (χ2n) is 3.66. The van der Waals surface area contributed by atoms with Crippen LogP contribution in [0.5, 0.6) is 5.75 Å². The highest BCUT2D eigenvalue weighted by atomic mass is 32.2. The molecule has 0 radical (unpaired) electrons. The van der Waals surface area contributed by atoms with Gasteiger partial charge >= 0.3 is 0 Å². The van der Waals surface area contributed by atoms with E-state index in [1.807, 2.05) is 0 Å². The van der Waals surface area contributed by atoms with Gasteiger partial charge in [-0.1, -0.05) is 6.92 Å². The number of benzene rings is 1. The quantitative estimate of drug-likeness (QED) is 0.842. The fourth-order valence-corrected chi connectivity index (χ4v) is 1.90. The summed E-state index contributed by atoms with van der Waals surface area (Å²) in [6.07, 6.45) is 0.892. The van der Waals surface area contributed by atoms with Crippen LogP contribution in [-0.2, 0) is 14.6 Å². The van der Waals surface area contributed by atoms with Crippen LogP contribution in [-0.4, -0.2) is 26.7 Å². The maximum atomic E-state index is 11.2. The molecule has 0 aromatic heterocycles. The first-order valence-corrected chi connectivity index (χ1v) is 7.00. The number of carbonyl (C=O) groups excluding carboxylic acids is 1. The molecule has 1 aromatic carbocycles. The zero-order chi connectivity index (χ0) is 13.1.